The van der Waals surface area contributed by atoms with Gasteiger partial charge in [0.1, 0.15) is 11.6 Å². The van der Waals surface area contributed by atoms with Gasteiger partial charge in [-0.2, -0.15) is 0 Å². The lowest BCUT2D eigenvalue weighted by molar-refractivity contribution is 0.261. The zero-order valence-corrected chi connectivity index (χ0v) is 20.0. The van der Waals surface area contributed by atoms with Gasteiger partial charge in [0, 0.05) is 35.6 Å². The monoisotopic (exact) mass is 481 g/mol. The van der Waals surface area contributed by atoms with Crippen molar-refractivity contribution in [3.8, 4) is 5.88 Å². The maximum absolute atomic E-state index is 13.7. The van der Waals surface area contributed by atoms with Gasteiger partial charge in [-0.1, -0.05) is 24.3 Å². The van der Waals surface area contributed by atoms with Crippen molar-refractivity contribution in [1.82, 2.24) is 10.3 Å². The Morgan fingerprint density at radius 3 is 2.63 bits per heavy atom. The number of aliphatic hydroxyl groups is 1. The molecule has 1 aliphatic rings. The Balaban J connectivity index is 1.31. The zero-order valence-electron chi connectivity index (χ0n) is 20.0. The van der Waals surface area contributed by atoms with E-state index in [1.54, 1.807) is 13.2 Å². The Bertz CT molecular complexity index is 1180. The van der Waals surface area contributed by atoms with Crippen molar-refractivity contribution in [2.75, 3.05) is 13.7 Å². The average molecular weight is 482 g/mol. The number of nitrogens with one attached hydrogen (secondary N) is 1. The SMILES string of the molecule is COc1ccc2c(CO)ccc(C[C@H](N)C3CCC(NC/C=C/c4cc(F)ccc4F)CC3)c2n1. The average Bonchev–Trinajstić information content (AvgIpc) is 2.88. The summed E-state index contributed by atoms with van der Waals surface area (Å²) in [5.74, 6) is 0.0943. The van der Waals surface area contributed by atoms with E-state index >= 15 is 0 Å². The second-order valence-electron chi connectivity index (χ2n) is 9.25. The number of rotatable bonds is 9. The van der Waals surface area contributed by atoms with E-state index in [0.29, 0.717) is 30.8 Å². The first-order valence-corrected chi connectivity index (χ1v) is 12.2. The number of aromatic nitrogens is 1. The summed E-state index contributed by atoms with van der Waals surface area (Å²) >= 11 is 0. The van der Waals surface area contributed by atoms with E-state index in [1.165, 1.54) is 6.07 Å². The summed E-state index contributed by atoms with van der Waals surface area (Å²) in [4.78, 5) is 4.64. The third kappa shape index (κ3) is 6.23. The van der Waals surface area contributed by atoms with Gasteiger partial charge in [0.15, 0.2) is 0 Å². The highest BCUT2D eigenvalue weighted by Gasteiger charge is 2.26. The smallest absolute Gasteiger partial charge is 0.213 e. The van der Waals surface area contributed by atoms with Crippen LogP contribution in [0.4, 0.5) is 8.78 Å². The maximum atomic E-state index is 13.7. The minimum atomic E-state index is -0.444. The molecular weight excluding hydrogens is 448 g/mol. The number of methoxy groups -OCH3 is 1. The first kappa shape index (κ1) is 25.2. The molecule has 0 aliphatic heterocycles. The van der Waals surface area contributed by atoms with Crippen molar-refractivity contribution in [3.05, 3.63) is 76.9 Å². The van der Waals surface area contributed by atoms with E-state index in [4.69, 9.17) is 10.5 Å². The van der Waals surface area contributed by atoms with Gasteiger partial charge in [-0.25, -0.2) is 13.8 Å². The number of halogens is 2. The van der Waals surface area contributed by atoms with Crippen molar-refractivity contribution in [3.63, 3.8) is 0 Å². The highest BCUT2D eigenvalue weighted by atomic mass is 19.1. The van der Waals surface area contributed by atoms with Crippen LogP contribution in [0.25, 0.3) is 17.0 Å². The molecular formula is C28H33F2N3O2. The van der Waals surface area contributed by atoms with Gasteiger partial charge in [0.2, 0.25) is 5.88 Å². The maximum Gasteiger partial charge on any atom is 0.213 e. The topological polar surface area (TPSA) is 80.4 Å². The minimum Gasteiger partial charge on any atom is -0.481 e. The van der Waals surface area contributed by atoms with Crippen molar-refractivity contribution in [2.24, 2.45) is 11.7 Å². The fourth-order valence-electron chi connectivity index (χ4n) is 4.97. The quantitative estimate of drug-likeness (QED) is 0.411. The second kappa shape index (κ2) is 11.7. The highest BCUT2D eigenvalue weighted by Crippen LogP contribution is 2.30. The molecule has 0 saturated heterocycles. The molecule has 4 rings (SSSR count). The van der Waals surface area contributed by atoms with Crippen molar-refractivity contribution in [1.29, 1.82) is 0 Å². The summed E-state index contributed by atoms with van der Waals surface area (Å²) in [6, 6.07) is 11.6. The van der Waals surface area contributed by atoms with Crippen LogP contribution in [0, 0.1) is 17.6 Å². The number of nitrogens with zero attached hydrogens (tertiary/aromatic N) is 1. The van der Waals surface area contributed by atoms with Gasteiger partial charge in [0.05, 0.1) is 19.2 Å². The van der Waals surface area contributed by atoms with Crippen molar-refractivity contribution >= 4 is 17.0 Å². The molecule has 0 bridgehead atoms. The highest BCUT2D eigenvalue weighted by molar-refractivity contribution is 5.85. The normalized spacial score (nSPS) is 19.3. The van der Waals surface area contributed by atoms with Crippen LogP contribution in [0.2, 0.25) is 0 Å². The Labute approximate surface area is 205 Å². The van der Waals surface area contributed by atoms with Crippen LogP contribution in [0.1, 0.15) is 42.4 Å². The molecule has 35 heavy (non-hydrogen) atoms. The molecule has 4 N–H and O–H groups in total. The third-order valence-electron chi connectivity index (χ3n) is 7.00. The molecule has 2 aromatic carbocycles. The predicted molar refractivity (Wildman–Crippen MR) is 135 cm³/mol. The lowest BCUT2D eigenvalue weighted by Crippen LogP contribution is -2.39. The number of pyridine rings is 1. The summed E-state index contributed by atoms with van der Waals surface area (Å²) in [7, 11) is 1.59. The molecule has 186 valence electrons. The lowest BCUT2D eigenvalue weighted by atomic mass is 9.79. The molecule has 1 aromatic heterocycles. The first-order chi connectivity index (χ1) is 17.0. The van der Waals surface area contributed by atoms with E-state index in [9.17, 15) is 13.9 Å². The van der Waals surface area contributed by atoms with Gasteiger partial charge >= 0.3 is 0 Å². The summed E-state index contributed by atoms with van der Waals surface area (Å²) < 4.78 is 32.3. The Morgan fingerprint density at radius 2 is 1.89 bits per heavy atom. The van der Waals surface area contributed by atoms with Gasteiger partial charge < -0.3 is 20.9 Å². The fraction of sp³-hybridized carbons (Fsp3) is 0.393. The Hall–Kier alpha value is -2.87. The molecule has 1 saturated carbocycles. The molecule has 7 heteroatoms. The molecule has 0 amide bonds. The number of ether oxygens (including phenoxy) is 1. The number of aliphatic hydroxyl groups excluding tert-OH is 1. The summed E-state index contributed by atoms with van der Waals surface area (Å²) in [6.07, 6.45) is 8.27. The molecule has 1 fully saturated rings. The molecule has 5 nitrogen and oxygen atoms in total. The summed E-state index contributed by atoms with van der Waals surface area (Å²) in [5.41, 5.74) is 9.67. The second-order valence-corrected chi connectivity index (χ2v) is 9.25. The standard InChI is InChI=1S/C28H33F2N3O2/c1-35-27-13-11-24-21(17-34)5-4-20(28(24)33-27)16-26(31)18-6-9-23(10-7-18)32-14-2-3-19-15-22(29)8-12-25(19)30/h2-5,8,11-13,15,18,23,26,32,34H,6-7,9-10,14,16-17,31H2,1H3/b3-2+/t18?,23?,26-/m0/s1. The van der Waals surface area contributed by atoms with Crippen LogP contribution in [0.3, 0.4) is 0 Å². The lowest BCUT2D eigenvalue weighted by Gasteiger charge is -2.32. The van der Waals surface area contributed by atoms with E-state index in [-0.39, 0.29) is 18.2 Å². The summed E-state index contributed by atoms with van der Waals surface area (Å²) in [6.45, 7) is 0.564. The van der Waals surface area contributed by atoms with E-state index < -0.39 is 11.6 Å². The molecule has 1 aliphatic carbocycles. The van der Waals surface area contributed by atoms with Crippen LogP contribution >= 0.6 is 0 Å². The van der Waals surface area contributed by atoms with Crippen LogP contribution in [-0.4, -0.2) is 35.8 Å². The fourth-order valence-corrected chi connectivity index (χ4v) is 4.97. The zero-order chi connectivity index (χ0) is 24.8. The van der Waals surface area contributed by atoms with Gasteiger partial charge in [-0.05, 0) is 73.4 Å². The Morgan fingerprint density at radius 1 is 1.11 bits per heavy atom. The van der Waals surface area contributed by atoms with E-state index in [0.717, 1.165) is 59.8 Å². The molecule has 1 heterocycles. The first-order valence-electron chi connectivity index (χ1n) is 12.2. The molecule has 0 spiro atoms. The number of fused-ring (bicyclic) bond motifs is 1. The van der Waals surface area contributed by atoms with Crippen LogP contribution in [0.5, 0.6) is 5.88 Å². The molecule has 1 atom stereocenters. The molecule has 0 radical (unpaired) electrons. The minimum absolute atomic E-state index is 0.0166. The van der Waals surface area contributed by atoms with Crippen LogP contribution in [0.15, 0.2) is 48.5 Å². The van der Waals surface area contributed by atoms with Gasteiger partial charge in [-0.3, -0.25) is 0 Å². The van der Waals surface area contributed by atoms with E-state index in [2.05, 4.69) is 10.3 Å². The van der Waals surface area contributed by atoms with Crippen LogP contribution in [-0.2, 0) is 13.0 Å². The number of hydrogen-bond donors (Lipinski definition) is 3. The molecule has 0 unspecified atom stereocenters. The van der Waals surface area contributed by atoms with Gasteiger partial charge in [-0.15, -0.1) is 0 Å². The predicted octanol–water partition coefficient (Wildman–Crippen LogP) is 4.75. The third-order valence-corrected chi connectivity index (χ3v) is 7.00. The van der Waals surface area contributed by atoms with Crippen molar-refractivity contribution in [2.45, 2.75) is 50.8 Å². The number of hydrogen-bond acceptors (Lipinski definition) is 5. The molecule has 3 aromatic rings. The summed E-state index contributed by atoms with van der Waals surface area (Å²) in [5, 5.41) is 14.1. The number of benzene rings is 2. The Kier molecular flexibility index (Phi) is 8.44. The number of nitrogens with two attached hydrogens (primary N) is 1. The van der Waals surface area contributed by atoms with Crippen LogP contribution < -0.4 is 15.8 Å². The van der Waals surface area contributed by atoms with Gasteiger partial charge in [0.25, 0.3) is 0 Å². The van der Waals surface area contributed by atoms with Crippen molar-refractivity contribution < 1.29 is 18.6 Å². The largest absolute Gasteiger partial charge is 0.481 e. The van der Waals surface area contributed by atoms with E-state index in [1.807, 2.05) is 30.3 Å².